The maximum absolute atomic E-state index is 11.6. The molecule has 7 atom stereocenters. The number of rotatable bonds is 1. The molecule has 0 saturated heterocycles. The Kier molecular flexibility index (Phi) is 3.32. The first kappa shape index (κ1) is 15.2. The first-order valence-corrected chi connectivity index (χ1v) is 9.63. The summed E-state index contributed by atoms with van der Waals surface area (Å²) in [5, 5.41) is 10.9. The molecule has 4 aliphatic rings. The molecule has 4 rings (SSSR count). The summed E-state index contributed by atoms with van der Waals surface area (Å²) >= 11 is 0. The predicted octanol–water partition coefficient (Wildman–Crippen LogP) is 4.35. The molecule has 0 spiro atoms. The minimum absolute atomic E-state index is 0.159. The molecule has 0 bridgehead atoms. The molecule has 0 amide bonds. The van der Waals surface area contributed by atoms with Gasteiger partial charge in [0.25, 0.3) is 0 Å². The van der Waals surface area contributed by atoms with E-state index in [0.717, 1.165) is 36.9 Å². The van der Waals surface area contributed by atoms with Crippen molar-refractivity contribution in [2.45, 2.75) is 83.7 Å². The first-order valence-electron chi connectivity index (χ1n) is 9.63. The highest BCUT2D eigenvalue weighted by Gasteiger charge is 2.64. The highest BCUT2D eigenvalue weighted by atomic mass is 16.3. The van der Waals surface area contributed by atoms with Crippen LogP contribution in [0.1, 0.15) is 78.1 Å². The molecular weight excluding hydrogens is 272 g/mol. The van der Waals surface area contributed by atoms with Gasteiger partial charge in [-0.3, -0.25) is 0 Å². The number of hydrogen-bond acceptors (Lipinski definition) is 2. The van der Waals surface area contributed by atoms with Crippen molar-refractivity contribution in [2.75, 3.05) is 0 Å². The molecular formula is C20H32O2. The van der Waals surface area contributed by atoms with Gasteiger partial charge in [0, 0.05) is 5.41 Å². The molecule has 0 heterocycles. The van der Waals surface area contributed by atoms with Gasteiger partial charge in [-0.25, -0.2) is 0 Å². The standard InChI is InChI=1S/C20H32O2/c1-18-10-4-3-5-14(18)6-7-15-16(18)8-11-19(2)17(15)9-12-20(19,22)13-21/h13-17,22H,3-12H2,1-2H3/t14-,15-,16+,17+,18+,19+,20?/m1/s1. The lowest BCUT2D eigenvalue weighted by atomic mass is 9.44. The van der Waals surface area contributed by atoms with Gasteiger partial charge >= 0.3 is 0 Å². The van der Waals surface area contributed by atoms with Crippen molar-refractivity contribution < 1.29 is 9.90 Å². The predicted molar refractivity (Wildman–Crippen MR) is 87.4 cm³/mol. The SMILES string of the molecule is C[C@]12CCCC[C@@H]1CC[C@@H]1[C@@H]2CC[C@@]2(C)[C@H]1CCC2(O)C=O. The van der Waals surface area contributed by atoms with Gasteiger partial charge in [0.05, 0.1) is 0 Å². The molecule has 0 aliphatic heterocycles. The summed E-state index contributed by atoms with van der Waals surface area (Å²) in [6.07, 6.45) is 13.4. The molecule has 22 heavy (non-hydrogen) atoms. The lowest BCUT2D eigenvalue weighted by Crippen LogP contribution is -2.56. The molecule has 4 saturated carbocycles. The molecule has 1 unspecified atom stereocenters. The third kappa shape index (κ3) is 1.74. The van der Waals surface area contributed by atoms with Crippen LogP contribution in [0.3, 0.4) is 0 Å². The Bertz CT molecular complexity index is 474. The van der Waals surface area contributed by atoms with Crippen LogP contribution in [0.25, 0.3) is 0 Å². The van der Waals surface area contributed by atoms with Crippen LogP contribution in [0.15, 0.2) is 0 Å². The first-order chi connectivity index (χ1) is 10.4. The van der Waals surface area contributed by atoms with Gasteiger partial charge < -0.3 is 9.90 Å². The zero-order valence-electron chi connectivity index (χ0n) is 14.3. The van der Waals surface area contributed by atoms with E-state index in [0.29, 0.717) is 17.8 Å². The fraction of sp³-hybridized carbons (Fsp3) is 0.950. The summed E-state index contributed by atoms with van der Waals surface area (Å²) in [6.45, 7) is 4.79. The van der Waals surface area contributed by atoms with Crippen LogP contribution >= 0.6 is 0 Å². The minimum Gasteiger partial charge on any atom is -0.382 e. The average molecular weight is 304 g/mol. The minimum atomic E-state index is -1.05. The smallest absolute Gasteiger partial charge is 0.152 e. The van der Waals surface area contributed by atoms with Crippen molar-refractivity contribution >= 4 is 6.29 Å². The van der Waals surface area contributed by atoms with Crippen molar-refractivity contribution in [3.63, 3.8) is 0 Å². The molecule has 2 nitrogen and oxygen atoms in total. The quantitative estimate of drug-likeness (QED) is 0.731. The van der Waals surface area contributed by atoms with E-state index in [1.807, 2.05) is 0 Å². The lowest BCUT2D eigenvalue weighted by Gasteiger charge is -2.60. The third-order valence-corrected chi connectivity index (χ3v) is 8.99. The van der Waals surface area contributed by atoms with E-state index in [1.165, 1.54) is 44.9 Å². The summed E-state index contributed by atoms with van der Waals surface area (Å²) < 4.78 is 0. The van der Waals surface area contributed by atoms with Gasteiger partial charge in [0.1, 0.15) is 5.60 Å². The topological polar surface area (TPSA) is 37.3 Å². The van der Waals surface area contributed by atoms with Crippen molar-refractivity contribution in [3.05, 3.63) is 0 Å². The Hall–Kier alpha value is -0.370. The second-order valence-electron chi connectivity index (χ2n) is 9.44. The Morgan fingerprint density at radius 2 is 1.68 bits per heavy atom. The van der Waals surface area contributed by atoms with Gasteiger partial charge in [0.2, 0.25) is 0 Å². The summed E-state index contributed by atoms with van der Waals surface area (Å²) in [4.78, 5) is 11.6. The number of carbonyl (C=O) groups is 1. The molecule has 0 aromatic heterocycles. The zero-order valence-corrected chi connectivity index (χ0v) is 14.3. The lowest BCUT2D eigenvalue weighted by molar-refractivity contribution is -0.159. The van der Waals surface area contributed by atoms with Gasteiger partial charge in [0.15, 0.2) is 6.29 Å². The average Bonchev–Trinajstić information content (AvgIpc) is 2.79. The molecule has 4 fully saturated rings. The van der Waals surface area contributed by atoms with Crippen molar-refractivity contribution in [2.24, 2.45) is 34.5 Å². The van der Waals surface area contributed by atoms with Crippen molar-refractivity contribution in [1.29, 1.82) is 0 Å². The number of fused-ring (bicyclic) bond motifs is 5. The second kappa shape index (κ2) is 4.82. The third-order valence-electron chi connectivity index (χ3n) is 8.99. The molecule has 4 aliphatic carbocycles. The summed E-state index contributed by atoms with van der Waals surface area (Å²) in [5.74, 6) is 3.12. The molecule has 124 valence electrons. The van der Waals surface area contributed by atoms with Crippen LogP contribution in [0.2, 0.25) is 0 Å². The van der Waals surface area contributed by atoms with Crippen LogP contribution in [0.5, 0.6) is 0 Å². The molecule has 2 heteroatoms. The van der Waals surface area contributed by atoms with Crippen molar-refractivity contribution in [1.82, 2.24) is 0 Å². The van der Waals surface area contributed by atoms with Crippen LogP contribution in [0.4, 0.5) is 0 Å². The highest BCUT2D eigenvalue weighted by molar-refractivity contribution is 5.65. The largest absolute Gasteiger partial charge is 0.382 e. The van der Waals surface area contributed by atoms with Crippen LogP contribution in [-0.2, 0) is 4.79 Å². The highest BCUT2D eigenvalue weighted by Crippen LogP contribution is 2.67. The van der Waals surface area contributed by atoms with Gasteiger partial charge in [-0.05, 0) is 80.5 Å². The Balaban J connectivity index is 1.66. The summed E-state index contributed by atoms with van der Waals surface area (Å²) in [5.41, 5.74) is -0.662. The fourth-order valence-electron chi connectivity index (χ4n) is 7.54. The molecule has 0 radical (unpaired) electrons. The number of carbonyl (C=O) groups excluding carboxylic acids is 1. The molecule has 0 aromatic carbocycles. The van der Waals surface area contributed by atoms with E-state index in [1.54, 1.807) is 0 Å². The maximum atomic E-state index is 11.6. The van der Waals surface area contributed by atoms with E-state index in [2.05, 4.69) is 13.8 Å². The Morgan fingerprint density at radius 3 is 2.45 bits per heavy atom. The molecule has 1 N–H and O–H groups in total. The second-order valence-corrected chi connectivity index (χ2v) is 9.44. The van der Waals surface area contributed by atoms with E-state index in [4.69, 9.17) is 0 Å². The number of hydrogen-bond donors (Lipinski definition) is 1. The fourth-order valence-corrected chi connectivity index (χ4v) is 7.54. The van der Waals surface area contributed by atoms with E-state index < -0.39 is 5.60 Å². The van der Waals surface area contributed by atoms with Gasteiger partial charge in [-0.2, -0.15) is 0 Å². The number of aliphatic hydroxyl groups is 1. The van der Waals surface area contributed by atoms with Gasteiger partial charge in [-0.1, -0.05) is 26.7 Å². The van der Waals surface area contributed by atoms with E-state index in [-0.39, 0.29) is 5.41 Å². The number of aldehydes is 1. The monoisotopic (exact) mass is 304 g/mol. The van der Waals surface area contributed by atoms with Crippen LogP contribution < -0.4 is 0 Å². The summed E-state index contributed by atoms with van der Waals surface area (Å²) in [7, 11) is 0. The maximum Gasteiger partial charge on any atom is 0.152 e. The van der Waals surface area contributed by atoms with E-state index in [9.17, 15) is 9.90 Å². The van der Waals surface area contributed by atoms with Crippen LogP contribution in [-0.4, -0.2) is 17.0 Å². The van der Waals surface area contributed by atoms with Crippen molar-refractivity contribution in [3.8, 4) is 0 Å². The van der Waals surface area contributed by atoms with Crippen LogP contribution in [0, 0.1) is 34.5 Å². The van der Waals surface area contributed by atoms with E-state index >= 15 is 0 Å². The zero-order chi connectivity index (χ0) is 15.6. The normalized spacial score (nSPS) is 57.6. The Morgan fingerprint density at radius 1 is 0.909 bits per heavy atom. The Labute approximate surface area is 135 Å². The summed E-state index contributed by atoms with van der Waals surface area (Å²) in [6, 6.07) is 0. The molecule has 0 aromatic rings. The van der Waals surface area contributed by atoms with Gasteiger partial charge in [-0.15, -0.1) is 0 Å².